The first-order valence-electron chi connectivity index (χ1n) is 12.2. The summed E-state index contributed by atoms with van der Waals surface area (Å²) >= 11 is 0. The van der Waals surface area contributed by atoms with Crippen molar-refractivity contribution >= 4 is 17.7 Å². The molecule has 0 atom stereocenters. The summed E-state index contributed by atoms with van der Waals surface area (Å²) in [4.78, 5) is 33.9. The van der Waals surface area contributed by atoms with Crippen molar-refractivity contribution in [3.05, 3.63) is 47.0 Å². The zero-order chi connectivity index (χ0) is 24.8. The van der Waals surface area contributed by atoms with E-state index in [1.807, 2.05) is 28.8 Å². The number of nitrogens with zero attached hydrogens (tertiary/aromatic N) is 4. The largest absolute Gasteiger partial charge is 0.450 e. The monoisotopic (exact) mass is 490 g/mol. The highest BCUT2D eigenvalue weighted by Crippen LogP contribution is 2.48. The van der Waals surface area contributed by atoms with Crippen LogP contribution in [0.1, 0.15) is 55.4 Å². The number of benzene rings is 1. The Bertz CT molecular complexity index is 1140. The third kappa shape index (κ3) is 4.16. The lowest BCUT2D eigenvalue weighted by atomic mass is 9.75. The van der Waals surface area contributed by atoms with E-state index in [0.29, 0.717) is 5.82 Å². The van der Waals surface area contributed by atoms with Crippen LogP contribution in [0.15, 0.2) is 24.3 Å². The number of hydrogen-bond acceptors (Lipinski definition) is 4. The van der Waals surface area contributed by atoms with Crippen molar-refractivity contribution in [1.82, 2.24) is 14.5 Å². The number of para-hydroxylation sites is 1. The minimum absolute atomic E-state index is 0.0255. The Morgan fingerprint density at radius 2 is 1.91 bits per heavy atom. The van der Waals surface area contributed by atoms with Crippen LogP contribution in [-0.4, -0.2) is 52.3 Å². The van der Waals surface area contributed by atoms with Crippen LogP contribution >= 0.6 is 0 Å². The standard InChI is InChI=1S/C25H29F3N4O3/c1-2-35-23(34)30-15-24(16-30)17-8-3-5-10-19(17)32(22(24)33)14-21-29-18-9-4-6-11-20(18)31(21)13-7-12-25(26,27)28/h3,5,8,10H,2,4,6-7,9,11-16H2,1H3. The van der Waals surface area contributed by atoms with Gasteiger partial charge in [-0.3, -0.25) is 4.79 Å². The predicted octanol–water partition coefficient (Wildman–Crippen LogP) is 4.36. The molecule has 0 saturated carbocycles. The Morgan fingerprint density at radius 1 is 1.17 bits per heavy atom. The third-order valence-corrected chi connectivity index (χ3v) is 7.27. The van der Waals surface area contributed by atoms with Gasteiger partial charge in [0.2, 0.25) is 5.91 Å². The first-order valence-corrected chi connectivity index (χ1v) is 12.2. The number of rotatable bonds is 6. The molecular formula is C25H29F3N4O3. The van der Waals surface area contributed by atoms with Gasteiger partial charge in [0, 0.05) is 37.4 Å². The first kappa shape index (κ1) is 23.7. The lowest BCUT2D eigenvalue weighted by Crippen LogP contribution is -2.65. The molecule has 35 heavy (non-hydrogen) atoms. The van der Waals surface area contributed by atoms with Gasteiger partial charge in [-0.1, -0.05) is 18.2 Å². The average Bonchev–Trinajstić information content (AvgIpc) is 3.25. The van der Waals surface area contributed by atoms with Crippen molar-refractivity contribution in [1.29, 1.82) is 0 Å². The van der Waals surface area contributed by atoms with Gasteiger partial charge in [-0.2, -0.15) is 13.2 Å². The minimum atomic E-state index is -4.20. The van der Waals surface area contributed by atoms with Gasteiger partial charge in [-0.05, 0) is 50.7 Å². The molecule has 3 heterocycles. The number of aryl methyl sites for hydroxylation is 1. The molecule has 2 aromatic rings. The topological polar surface area (TPSA) is 67.7 Å². The molecule has 1 fully saturated rings. The molecule has 0 N–H and O–H groups in total. The van der Waals surface area contributed by atoms with Crippen LogP contribution in [0.5, 0.6) is 0 Å². The molecule has 2 aliphatic heterocycles. The lowest BCUT2D eigenvalue weighted by molar-refractivity contribution is -0.136. The minimum Gasteiger partial charge on any atom is -0.450 e. The number of hydrogen-bond donors (Lipinski definition) is 0. The number of fused-ring (bicyclic) bond motifs is 3. The van der Waals surface area contributed by atoms with Gasteiger partial charge >= 0.3 is 12.3 Å². The molecule has 1 aromatic carbocycles. The Kier molecular flexibility index (Phi) is 6.01. The van der Waals surface area contributed by atoms with E-state index in [2.05, 4.69) is 0 Å². The van der Waals surface area contributed by atoms with Gasteiger partial charge in [0.1, 0.15) is 11.2 Å². The quantitative estimate of drug-likeness (QED) is 0.604. The second-order valence-electron chi connectivity index (χ2n) is 9.54. The first-order chi connectivity index (χ1) is 16.7. The average molecular weight is 491 g/mol. The second-order valence-corrected chi connectivity index (χ2v) is 9.54. The fourth-order valence-electron chi connectivity index (χ4n) is 5.63. The summed E-state index contributed by atoms with van der Waals surface area (Å²) in [6, 6.07) is 7.53. The van der Waals surface area contributed by atoms with Gasteiger partial charge in [0.25, 0.3) is 0 Å². The van der Waals surface area contributed by atoms with E-state index in [9.17, 15) is 22.8 Å². The maximum absolute atomic E-state index is 13.8. The molecule has 10 heteroatoms. The lowest BCUT2D eigenvalue weighted by Gasteiger charge is -2.45. The van der Waals surface area contributed by atoms with Gasteiger partial charge in [0.05, 0.1) is 18.8 Å². The summed E-state index contributed by atoms with van der Waals surface area (Å²) in [6.45, 7) is 2.91. The van der Waals surface area contributed by atoms with Crippen LogP contribution < -0.4 is 4.90 Å². The number of halogens is 3. The summed E-state index contributed by atoms with van der Waals surface area (Å²) in [5.74, 6) is 0.517. The van der Waals surface area contributed by atoms with Gasteiger partial charge in [-0.25, -0.2) is 9.78 Å². The fourth-order valence-corrected chi connectivity index (χ4v) is 5.63. The van der Waals surface area contributed by atoms with Gasteiger partial charge < -0.3 is 19.1 Å². The van der Waals surface area contributed by atoms with E-state index < -0.39 is 24.1 Å². The molecule has 3 aliphatic rings. The summed E-state index contributed by atoms with van der Waals surface area (Å²) in [6.07, 6.45) is -1.93. The van der Waals surface area contributed by atoms with Crippen LogP contribution in [0.25, 0.3) is 0 Å². The number of likely N-dealkylation sites (tertiary alicyclic amines) is 1. The normalized spacial score (nSPS) is 18.5. The van der Waals surface area contributed by atoms with E-state index in [4.69, 9.17) is 9.72 Å². The van der Waals surface area contributed by atoms with Crippen LogP contribution in [0.3, 0.4) is 0 Å². The number of amides is 2. The summed E-state index contributed by atoms with van der Waals surface area (Å²) in [5.41, 5.74) is 2.75. The SMILES string of the molecule is CCOC(=O)N1CC2(C1)C(=O)N(Cc1nc3c(n1CCCC(F)(F)F)CCCC3)c1ccccc12. The molecule has 1 spiro atoms. The molecule has 1 saturated heterocycles. The van der Waals surface area contributed by atoms with E-state index in [1.165, 1.54) is 4.90 Å². The maximum Gasteiger partial charge on any atom is 0.409 e. The van der Waals surface area contributed by atoms with Crippen LogP contribution in [-0.2, 0) is 40.9 Å². The highest BCUT2D eigenvalue weighted by Gasteiger charge is 2.59. The van der Waals surface area contributed by atoms with E-state index in [1.54, 1.807) is 11.8 Å². The smallest absolute Gasteiger partial charge is 0.409 e. The van der Waals surface area contributed by atoms with Crippen molar-refractivity contribution in [3.63, 3.8) is 0 Å². The van der Waals surface area contributed by atoms with E-state index in [-0.39, 0.29) is 45.1 Å². The Morgan fingerprint density at radius 3 is 2.66 bits per heavy atom. The van der Waals surface area contributed by atoms with E-state index >= 15 is 0 Å². The molecular weight excluding hydrogens is 461 g/mol. The van der Waals surface area contributed by atoms with Gasteiger partial charge in [-0.15, -0.1) is 0 Å². The predicted molar refractivity (Wildman–Crippen MR) is 122 cm³/mol. The molecule has 7 nitrogen and oxygen atoms in total. The number of imidazole rings is 1. The van der Waals surface area contributed by atoms with Crippen LogP contribution in [0, 0.1) is 0 Å². The fraction of sp³-hybridized carbons (Fsp3) is 0.560. The highest BCUT2D eigenvalue weighted by molar-refractivity contribution is 6.09. The maximum atomic E-state index is 13.8. The Balaban J connectivity index is 1.42. The molecule has 188 valence electrons. The molecule has 0 radical (unpaired) electrons. The van der Waals surface area contributed by atoms with Crippen molar-refractivity contribution in [3.8, 4) is 0 Å². The van der Waals surface area contributed by atoms with Crippen LogP contribution in [0.4, 0.5) is 23.7 Å². The summed E-state index contributed by atoms with van der Waals surface area (Å²) < 4.78 is 45.5. The zero-order valence-corrected chi connectivity index (χ0v) is 19.7. The number of aromatic nitrogens is 2. The number of carbonyl (C=O) groups is 2. The van der Waals surface area contributed by atoms with Crippen molar-refractivity contribution in [2.75, 3.05) is 24.6 Å². The van der Waals surface area contributed by atoms with E-state index in [0.717, 1.165) is 48.3 Å². The molecule has 0 unspecified atom stereocenters. The number of anilines is 1. The van der Waals surface area contributed by atoms with Gasteiger partial charge in [0.15, 0.2) is 0 Å². The number of carbonyl (C=O) groups excluding carboxylic acids is 2. The molecule has 1 aromatic heterocycles. The Labute approximate surface area is 201 Å². The third-order valence-electron chi connectivity index (χ3n) is 7.27. The number of ether oxygens (including phenoxy) is 1. The zero-order valence-electron chi connectivity index (χ0n) is 19.7. The van der Waals surface area contributed by atoms with Crippen molar-refractivity contribution < 1.29 is 27.5 Å². The van der Waals surface area contributed by atoms with Crippen molar-refractivity contribution in [2.24, 2.45) is 0 Å². The molecule has 1 aliphatic carbocycles. The van der Waals surface area contributed by atoms with Crippen LogP contribution in [0.2, 0.25) is 0 Å². The second kappa shape index (κ2) is 8.87. The summed E-state index contributed by atoms with van der Waals surface area (Å²) in [5, 5.41) is 0. The van der Waals surface area contributed by atoms with Crippen molar-refractivity contribution in [2.45, 2.75) is 70.1 Å². The number of alkyl halides is 3. The molecule has 5 rings (SSSR count). The Hall–Kier alpha value is -3.04. The summed E-state index contributed by atoms with van der Waals surface area (Å²) in [7, 11) is 0. The molecule has 0 bridgehead atoms. The molecule has 2 amide bonds. The highest BCUT2D eigenvalue weighted by atomic mass is 19.4.